The topological polar surface area (TPSA) is 52.8 Å². The van der Waals surface area contributed by atoms with Crippen LogP contribution in [0.1, 0.15) is 6.42 Å². The van der Waals surface area contributed by atoms with Gasteiger partial charge >= 0.3 is 0 Å². The lowest BCUT2D eigenvalue weighted by Gasteiger charge is -2.39. The first-order valence-electron chi connectivity index (χ1n) is 6.01. The fourth-order valence-corrected chi connectivity index (χ4v) is 2.50. The van der Waals surface area contributed by atoms with E-state index in [0.29, 0.717) is 6.04 Å². The molecule has 92 valence electrons. The summed E-state index contributed by atoms with van der Waals surface area (Å²) in [5.74, 6) is 0.127. The highest BCUT2D eigenvalue weighted by atomic mass is 16.2. The Balaban J connectivity index is 1.91. The van der Waals surface area contributed by atoms with E-state index in [-0.39, 0.29) is 11.9 Å². The fraction of sp³-hybridized carbons (Fsp3) is 0.909. The molecule has 0 aromatic rings. The Bertz CT molecular complexity index is 271. The predicted octanol–water partition coefficient (Wildman–Crippen LogP) is -1.21. The largest absolute Gasteiger partial charge is 0.340 e. The monoisotopic (exact) mass is 226 g/mol. The third kappa shape index (κ3) is 2.36. The summed E-state index contributed by atoms with van der Waals surface area (Å²) < 4.78 is 0. The van der Waals surface area contributed by atoms with Crippen molar-refractivity contribution in [1.29, 1.82) is 0 Å². The zero-order valence-electron chi connectivity index (χ0n) is 10.2. The fourth-order valence-electron chi connectivity index (χ4n) is 2.50. The Hall–Kier alpha value is -0.650. The van der Waals surface area contributed by atoms with Gasteiger partial charge in [0, 0.05) is 38.8 Å². The highest BCUT2D eigenvalue weighted by molar-refractivity contribution is 5.83. The van der Waals surface area contributed by atoms with Gasteiger partial charge in [0.15, 0.2) is 0 Å². The zero-order chi connectivity index (χ0) is 11.7. The van der Waals surface area contributed by atoms with Crippen LogP contribution in [0.25, 0.3) is 0 Å². The lowest BCUT2D eigenvalue weighted by Crippen LogP contribution is -2.55. The molecule has 0 saturated carbocycles. The number of carbonyl (C=O) groups excluding carboxylic acids is 1. The van der Waals surface area contributed by atoms with Gasteiger partial charge in [0.2, 0.25) is 5.91 Å². The maximum Gasteiger partial charge on any atom is 0.239 e. The lowest BCUT2D eigenvalue weighted by molar-refractivity contribution is -0.129. The average Bonchev–Trinajstić information content (AvgIpc) is 2.55. The molecule has 2 saturated heterocycles. The van der Waals surface area contributed by atoms with Crippen molar-refractivity contribution in [1.82, 2.24) is 14.7 Å². The summed E-state index contributed by atoms with van der Waals surface area (Å²) in [6.45, 7) is 4.88. The number of carbonyl (C=O) groups is 1. The lowest BCUT2D eigenvalue weighted by atomic mass is 10.2. The van der Waals surface area contributed by atoms with Gasteiger partial charge in [-0.25, -0.2) is 0 Å². The van der Waals surface area contributed by atoms with E-state index in [9.17, 15) is 4.79 Å². The summed E-state index contributed by atoms with van der Waals surface area (Å²) in [6.07, 6.45) is 0.811. The summed E-state index contributed by atoms with van der Waals surface area (Å²) in [5.41, 5.74) is 5.72. The van der Waals surface area contributed by atoms with Gasteiger partial charge in [-0.2, -0.15) is 0 Å². The number of nitrogens with two attached hydrogens (primary N) is 1. The molecular formula is C11H22N4O. The van der Waals surface area contributed by atoms with Crippen molar-refractivity contribution < 1.29 is 4.79 Å². The maximum absolute atomic E-state index is 11.7. The van der Waals surface area contributed by atoms with Crippen LogP contribution in [0, 0.1) is 0 Å². The van der Waals surface area contributed by atoms with Crippen LogP contribution in [0.3, 0.4) is 0 Å². The number of hydrogen-bond donors (Lipinski definition) is 1. The van der Waals surface area contributed by atoms with Crippen molar-refractivity contribution in [2.45, 2.75) is 18.5 Å². The van der Waals surface area contributed by atoms with Crippen LogP contribution >= 0.6 is 0 Å². The third-order valence-electron chi connectivity index (χ3n) is 3.75. The Morgan fingerprint density at radius 1 is 1.31 bits per heavy atom. The van der Waals surface area contributed by atoms with Crippen molar-refractivity contribution >= 4 is 5.91 Å². The summed E-state index contributed by atoms with van der Waals surface area (Å²) in [4.78, 5) is 18.3. The van der Waals surface area contributed by atoms with Gasteiger partial charge in [-0.1, -0.05) is 0 Å². The second-order valence-electron chi connectivity index (χ2n) is 5.08. The standard InChI is InChI=1S/C11H22N4O/c1-13-5-6-14(2)9(7-13)8-15-4-3-10(12)11(15)16/h9-10H,3-8,12H2,1-2H3. The van der Waals surface area contributed by atoms with Gasteiger partial charge in [-0.3, -0.25) is 9.69 Å². The summed E-state index contributed by atoms with van der Waals surface area (Å²) in [5, 5.41) is 0. The molecule has 2 rings (SSSR count). The Morgan fingerprint density at radius 3 is 2.69 bits per heavy atom. The van der Waals surface area contributed by atoms with Crippen LogP contribution in [-0.4, -0.2) is 79.5 Å². The minimum atomic E-state index is -0.258. The first-order chi connectivity index (χ1) is 7.58. The highest BCUT2D eigenvalue weighted by Crippen LogP contribution is 2.13. The number of nitrogens with zero attached hydrogens (tertiary/aromatic N) is 3. The number of hydrogen-bond acceptors (Lipinski definition) is 4. The molecule has 2 N–H and O–H groups in total. The van der Waals surface area contributed by atoms with Crippen molar-refractivity contribution in [2.75, 3.05) is 46.8 Å². The van der Waals surface area contributed by atoms with Crippen molar-refractivity contribution in [2.24, 2.45) is 5.73 Å². The van der Waals surface area contributed by atoms with Crippen LogP contribution in [0.5, 0.6) is 0 Å². The highest BCUT2D eigenvalue weighted by Gasteiger charge is 2.32. The van der Waals surface area contributed by atoms with Gasteiger partial charge in [0.05, 0.1) is 6.04 Å². The van der Waals surface area contributed by atoms with Crippen molar-refractivity contribution in [3.8, 4) is 0 Å². The van der Waals surface area contributed by atoms with Gasteiger partial charge in [-0.05, 0) is 20.5 Å². The number of likely N-dealkylation sites (N-methyl/N-ethyl adjacent to an activating group) is 2. The molecule has 2 aliphatic rings. The first-order valence-corrected chi connectivity index (χ1v) is 6.01. The molecule has 0 radical (unpaired) electrons. The second kappa shape index (κ2) is 4.69. The minimum Gasteiger partial charge on any atom is -0.340 e. The molecule has 2 heterocycles. The number of piperazine rings is 1. The van der Waals surface area contributed by atoms with E-state index in [4.69, 9.17) is 5.73 Å². The Labute approximate surface area is 97.2 Å². The number of rotatable bonds is 2. The molecule has 5 heteroatoms. The summed E-state index contributed by atoms with van der Waals surface area (Å²) in [7, 11) is 4.27. The van der Waals surface area contributed by atoms with Gasteiger partial charge in [0.1, 0.15) is 0 Å². The molecule has 0 aromatic carbocycles. The van der Waals surface area contributed by atoms with E-state index in [1.807, 2.05) is 4.90 Å². The van der Waals surface area contributed by atoms with E-state index >= 15 is 0 Å². The Kier molecular flexibility index (Phi) is 3.47. The van der Waals surface area contributed by atoms with E-state index in [0.717, 1.165) is 39.1 Å². The molecule has 0 aromatic heterocycles. The van der Waals surface area contributed by atoms with Crippen molar-refractivity contribution in [3.05, 3.63) is 0 Å². The van der Waals surface area contributed by atoms with Gasteiger partial charge in [0.25, 0.3) is 0 Å². The van der Waals surface area contributed by atoms with E-state index in [1.165, 1.54) is 0 Å². The zero-order valence-corrected chi connectivity index (χ0v) is 10.2. The molecule has 2 unspecified atom stereocenters. The average molecular weight is 226 g/mol. The molecule has 16 heavy (non-hydrogen) atoms. The molecule has 0 bridgehead atoms. The molecule has 0 spiro atoms. The molecule has 1 amide bonds. The molecule has 2 atom stereocenters. The molecule has 0 aliphatic carbocycles. The predicted molar refractivity (Wildman–Crippen MR) is 63.1 cm³/mol. The summed E-state index contributed by atoms with van der Waals surface area (Å²) >= 11 is 0. The second-order valence-corrected chi connectivity index (χ2v) is 5.08. The number of likely N-dealkylation sites (tertiary alicyclic amines) is 1. The van der Waals surface area contributed by atoms with Gasteiger partial charge in [-0.15, -0.1) is 0 Å². The molecule has 2 fully saturated rings. The molecular weight excluding hydrogens is 204 g/mol. The third-order valence-corrected chi connectivity index (χ3v) is 3.75. The van der Waals surface area contributed by atoms with E-state index in [2.05, 4.69) is 23.9 Å². The van der Waals surface area contributed by atoms with Crippen LogP contribution in [0.15, 0.2) is 0 Å². The SMILES string of the molecule is CN1CCN(C)C(CN2CCC(N)C2=O)C1. The first kappa shape index (κ1) is 11.8. The molecule has 2 aliphatic heterocycles. The van der Waals surface area contributed by atoms with Crippen LogP contribution < -0.4 is 5.73 Å². The Morgan fingerprint density at radius 2 is 2.06 bits per heavy atom. The quantitative estimate of drug-likeness (QED) is 0.642. The van der Waals surface area contributed by atoms with E-state index in [1.54, 1.807) is 0 Å². The minimum absolute atomic E-state index is 0.127. The number of amides is 1. The van der Waals surface area contributed by atoms with Gasteiger partial charge < -0.3 is 15.5 Å². The van der Waals surface area contributed by atoms with Crippen molar-refractivity contribution in [3.63, 3.8) is 0 Å². The van der Waals surface area contributed by atoms with Crippen LogP contribution in [0.4, 0.5) is 0 Å². The normalized spacial score (nSPS) is 33.7. The van der Waals surface area contributed by atoms with Crippen LogP contribution in [0.2, 0.25) is 0 Å². The van der Waals surface area contributed by atoms with E-state index < -0.39 is 0 Å². The smallest absolute Gasteiger partial charge is 0.239 e. The molecule has 5 nitrogen and oxygen atoms in total. The maximum atomic E-state index is 11.7. The summed E-state index contributed by atoms with van der Waals surface area (Å²) in [6, 6.07) is 0.194. The van der Waals surface area contributed by atoms with Crippen LogP contribution in [-0.2, 0) is 4.79 Å².